The molecule has 1 aromatic heterocycles. The van der Waals surface area contributed by atoms with Crippen LogP contribution in [0.2, 0.25) is 0 Å². The Labute approximate surface area is 180 Å². The molecule has 32 heavy (non-hydrogen) atoms. The molecule has 0 spiro atoms. The van der Waals surface area contributed by atoms with Crippen LogP contribution in [0.4, 0.5) is 17.6 Å². The van der Waals surface area contributed by atoms with Gasteiger partial charge in [-0.05, 0) is 31.4 Å². The van der Waals surface area contributed by atoms with Crippen molar-refractivity contribution in [3.63, 3.8) is 0 Å². The number of likely N-dealkylation sites (tertiary alicyclic amines) is 1. The molecule has 7 nitrogen and oxygen atoms in total. The minimum absolute atomic E-state index is 0.0413. The van der Waals surface area contributed by atoms with Crippen LogP contribution in [-0.4, -0.2) is 59.1 Å². The number of carboxylic acid groups (broad SMARTS) is 1. The van der Waals surface area contributed by atoms with Gasteiger partial charge in [-0.25, -0.2) is 17.6 Å². The molecule has 0 bridgehead atoms. The van der Waals surface area contributed by atoms with Crippen molar-refractivity contribution >= 4 is 11.9 Å². The fourth-order valence-electron chi connectivity index (χ4n) is 4.08. The summed E-state index contributed by atoms with van der Waals surface area (Å²) in [4.78, 5) is 26.1. The molecular formula is C21H21F4N3O4. The average molecular weight is 455 g/mol. The van der Waals surface area contributed by atoms with Crippen molar-refractivity contribution in [2.45, 2.75) is 31.7 Å². The summed E-state index contributed by atoms with van der Waals surface area (Å²) in [7, 11) is 0. The van der Waals surface area contributed by atoms with E-state index < -0.39 is 47.3 Å². The van der Waals surface area contributed by atoms with Crippen molar-refractivity contribution in [2.24, 2.45) is 11.3 Å². The second-order valence-corrected chi connectivity index (χ2v) is 8.41. The van der Waals surface area contributed by atoms with Gasteiger partial charge in [0.15, 0.2) is 11.5 Å². The van der Waals surface area contributed by atoms with Crippen LogP contribution in [0, 0.1) is 23.0 Å². The van der Waals surface area contributed by atoms with Crippen LogP contribution in [0.15, 0.2) is 28.8 Å². The number of aliphatic carboxylic acids is 1. The molecule has 2 aromatic rings. The third-order valence-corrected chi connectivity index (χ3v) is 6.16. The fraction of sp³-hybridized carbons (Fsp3) is 0.476. The van der Waals surface area contributed by atoms with Crippen molar-refractivity contribution < 1.29 is 36.8 Å². The maximum absolute atomic E-state index is 13.9. The first-order valence-corrected chi connectivity index (χ1v) is 10.1. The number of nitrogens with zero attached hydrogens (tertiary/aromatic N) is 2. The highest BCUT2D eigenvalue weighted by Gasteiger charge is 2.52. The Hall–Kier alpha value is -2.95. The Morgan fingerprint density at radius 3 is 2.66 bits per heavy atom. The zero-order valence-electron chi connectivity index (χ0n) is 16.9. The SMILES string of the molecule is O=C(N[C@H]1CCN(CC2(C(F)F)CC2)C[C@@H]1C(=O)O)c1cc(-c2ccc(F)cc2F)on1. The van der Waals surface area contributed by atoms with E-state index in [1.165, 1.54) is 6.07 Å². The molecule has 2 aliphatic rings. The quantitative estimate of drug-likeness (QED) is 0.623. The van der Waals surface area contributed by atoms with E-state index in [0.717, 1.165) is 12.1 Å². The van der Waals surface area contributed by atoms with Gasteiger partial charge in [0.1, 0.15) is 11.6 Å². The summed E-state index contributed by atoms with van der Waals surface area (Å²) >= 11 is 0. The molecule has 1 aliphatic heterocycles. The first kappa shape index (κ1) is 22.3. The maximum atomic E-state index is 13.9. The van der Waals surface area contributed by atoms with Crippen LogP contribution in [0.5, 0.6) is 0 Å². The Bertz CT molecular complexity index is 1020. The number of halogens is 4. The number of nitrogens with one attached hydrogen (secondary N) is 1. The molecule has 2 N–H and O–H groups in total. The van der Waals surface area contributed by atoms with E-state index in [-0.39, 0.29) is 36.5 Å². The van der Waals surface area contributed by atoms with Gasteiger partial charge in [0.25, 0.3) is 5.91 Å². The summed E-state index contributed by atoms with van der Waals surface area (Å²) in [6.45, 7) is 0.540. The molecule has 1 saturated heterocycles. The number of piperidine rings is 1. The van der Waals surface area contributed by atoms with E-state index in [9.17, 15) is 32.3 Å². The number of benzene rings is 1. The first-order chi connectivity index (χ1) is 15.2. The normalized spacial score (nSPS) is 22.7. The number of carbonyl (C=O) groups excluding carboxylic acids is 1. The monoisotopic (exact) mass is 455 g/mol. The molecule has 0 radical (unpaired) electrons. The Balaban J connectivity index is 1.41. The van der Waals surface area contributed by atoms with Gasteiger partial charge in [0, 0.05) is 43.2 Å². The minimum atomic E-state index is -2.45. The Morgan fingerprint density at radius 2 is 2.03 bits per heavy atom. The van der Waals surface area contributed by atoms with Gasteiger partial charge in [0.2, 0.25) is 6.43 Å². The number of hydrogen-bond donors (Lipinski definition) is 2. The molecular weight excluding hydrogens is 434 g/mol. The fourth-order valence-corrected chi connectivity index (χ4v) is 4.08. The molecule has 11 heteroatoms. The lowest BCUT2D eigenvalue weighted by Crippen LogP contribution is -2.54. The van der Waals surface area contributed by atoms with Gasteiger partial charge in [-0.1, -0.05) is 5.16 Å². The Kier molecular flexibility index (Phi) is 5.93. The predicted octanol–water partition coefficient (Wildman–Crippen LogP) is 3.17. The van der Waals surface area contributed by atoms with Crippen molar-refractivity contribution in [3.8, 4) is 11.3 Å². The van der Waals surface area contributed by atoms with E-state index in [1.807, 2.05) is 0 Å². The van der Waals surface area contributed by atoms with Crippen molar-refractivity contribution in [2.75, 3.05) is 19.6 Å². The van der Waals surface area contributed by atoms with Crippen molar-refractivity contribution in [1.82, 2.24) is 15.4 Å². The molecule has 1 saturated carbocycles. The van der Waals surface area contributed by atoms with Crippen LogP contribution < -0.4 is 5.32 Å². The largest absolute Gasteiger partial charge is 0.481 e. The summed E-state index contributed by atoms with van der Waals surface area (Å²) in [5.74, 6) is -4.57. The molecule has 2 fully saturated rings. The second-order valence-electron chi connectivity index (χ2n) is 8.41. The van der Waals surface area contributed by atoms with Gasteiger partial charge in [-0.3, -0.25) is 9.59 Å². The number of amides is 1. The molecule has 1 amide bonds. The van der Waals surface area contributed by atoms with Crippen LogP contribution in [0.1, 0.15) is 29.8 Å². The van der Waals surface area contributed by atoms with E-state index in [0.29, 0.717) is 25.5 Å². The lowest BCUT2D eigenvalue weighted by molar-refractivity contribution is -0.144. The molecule has 172 valence electrons. The van der Waals surface area contributed by atoms with Gasteiger partial charge in [-0.2, -0.15) is 0 Å². The van der Waals surface area contributed by atoms with E-state index in [4.69, 9.17) is 4.52 Å². The number of hydrogen-bond acceptors (Lipinski definition) is 5. The van der Waals surface area contributed by atoms with Crippen molar-refractivity contribution in [1.29, 1.82) is 0 Å². The lowest BCUT2D eigenvalue weighted by Gasteiger charge is -2.38. The molecule has 1 aliphatic carbocycles. The molecule has 1 aromatic carbocycles. The highest BCUT2D eigenvalue weighted by molar-refractivity contribution is 5.93. The molecule has 4 rings (SSSR count). The van der Waals surface area contributed by atoms with Crippen molar-refractivity contribution in [3.05, 3.63) is 41.6 Å². The van der Waals surface area contributed by atoms with Gasteiger partial charge >= 0.3 is 5.97 Å². The zero-order valence-corrected chi connectivity index (χ0v) is 16.9. The molecule has 2 heterocycles. The predicted molar refractivity (Wildman–Crippen MR) is 103 cm³/mol. The lowest BCUT2D eigenvalue weighted by atomic mass is 9.91. The topological polar surface area (TPSA) is 95.7 Å². The molecule has 2 atom stereocenters. The summed E-state index contributed by atoms with van der Waals surface area (Å²) in [5, 5.41) is 15.8. The third kappa shape index (κ3) is 4.47. The minimum Gasteiger partial charge on any atom is -0.481 e. The van der Waals surface area contributed by atoms with Gasteiger partial charge in [0.05, 0.1) is 11.5 Å². The summed E-state index contributed by atoms with van der Waals surface area (Å²) < 4.78 is 58.5. The van der Waals surface area contributed by atoms with E-state index >= 15 is 0 Å². The summed E-state index contributed by atoms with van der Waals surface area (Å²) in [5.41, 5.74) is -1.32. The number of rotatable bonds is 7. The standard InChI is InChI=1S/C21H21F4N3O4/c22-11-1-2-12(14(23)7-11)17-8-16(27-32-17)18(29)26-15-3-6-28(9-13(15)19(30)31)10-21(4-5-21)20(24)25/h1-2,7-8,13,15,20H,3-6,9-10H2,(H,26,29)(H,30,31)/t13-,15-/m0/s1. The van der Waals surface area contributed by atoms with Gasteiger partial charge in [-0.15, -0.1) is 0 Å². The van der Waals surface area contributed by atoms with Crippen LogP contribution >= 0.6 is 0 Å². The maximum Gasteiger partial charge on any atom is 0.309 e. The van der Waals surface area contributed by atoms with Crippen LogP contribution in [-0.2, 0) is 4.79 Å². The summed E-state index contributed by atoms with van der Waals surface area (Å²) in [6, 6.07) is 3.29. The first-order valence-electron chi connectivity index (χ1n) is 10.1. The van der Waals surface area contributed by atoms with Gasteiger partial charge < -0.3 is 19.8 Å². The summed E-state index contributed by atoms with van der Waals surface area (Å²) in [6.07, 6.45) is -1.35. The second kappa shape index (κ2) is 8.53. The van der Waals surface area contributed by atoms with E-state index in [1.54, 1.807) is 4.90 Å². The number of alkyl halides is 2. The Morgan fingerprint density at radius 1 is 1.28 bits per heavy atom. The molecule has 0 unspecified atom stereocenters. The smallest absolute Gasteiger partial charge is 0.309 e. The highest BCUT2D eigenvalue weighted by atomic mass is 19.3. The number of carboxylic acids is 1. The van der Waals surface area contributed by atoms with Crippen LogP contribution in [0.3, 0.4) is 0 Å². The highest BCUT2D eigenvalue weighted by Crippen LogP contribution is 2.51. The van der Waals surface area contributed by atoms with E-state index in [2.05, 4.69) is 10.5 Å². The number of aromatic nitrogens is 1. The number of carbonyl (C=O) groups is 2. The van der Waals surface area contributed by atoms with Crippen LogP contribution in [0.25, 0.3) is 11.3 Å². The third-order valence-electron chi connectivity index (χ3n) is 6.16. The zero-order chi connectivity index (χ0) is 23.0. The average Bonchev–Trinajstić information content (AvgIpc) is 3.35.